The Morgan fingerprint density at radius 2 is 2.06 bits per heavy atom. The largest absolute Gasteiger partial charge is 0.396 e. The van der Waals surface area contributed by atoms with Gasteiger partial charge in [-0.1, -0.05) is 6.07 Å². The summed E-state index contributed by atoms with van der Waals surface area (Å²) in [4.78, 5) is -0.321. The second kappa shape index (κ2) is 5.57. The average molecular weight is 261 g/mol. The molecule has 1 aromatic carbocycles. The number of aliphatic hydroxyl groups excluding tert-OH is 1. The van der Waals surface area contributed by atoms with Gasteiger partial charge in [-0.2, -0.15) is 0 Å². The van der Waals surface area contributed by atoms with E-state index in [9.17, 15) is 12.8 Å². The number of rotatable bonds is 5. The van der Waals surface area contributed by atoms with Crippen LogP contribution in [0.1, 0.15) is 12.0 Å². The first-order chi connectivity index (χ1) is 7.89. The van der Waals surface area contributed by atoms with E-state index in [1.165, 1.54) is 19.2 Å². The van der Waals surface area contributed by atoms with E-state index >= 15 is 0 Å². The van der Waals surface area contributed by atoms with E-state index in [-0.39, 0.29) is 18.0 Å². The van der Waals surface area contributed by atoms with E-state index in [1.54, 1.807) is 6.92 Å². The zero-order chi connectivity index (χ0) is 13.1. The first kappa shape index (κ1) is 14.1. The third-order valence-corrected chi connectivity index (χ3v) is 4.28. The highest BCUT2D eigenvalue weighted by Crippen LogP contribution is 2.19. The molecule has 0 saturated heterocycles. The van der Waals surface area contributed by atoms with E-state index in [1.807, 2.05) is 0 Å². The van der Waals surface area contributed by atoms with Crippen molar-refractivity contribution in [1.82, 2.24) is 4.31 Å². The van der Waals surface area contributed by atoms with Gasteiger partial charge in [0.05, 0.1) is 0 Å². The van der Waals surface area contributed by atoms with Crippen molar-refractivity contribution in [2.24, 2.45) is 0 Å². The highest BCUT2D eigenvalue weighted by Gasteiger charge is 2.23. The lowest BCUT2D eigenvalue weighted by Crippen LogP contribution is -2.29. The van der Waals surface area contributed by atoms with Gasteiger partial charge >= 0.3 is 0 Å². The quantitative estimate of drug-likeness (QED) is 0.864. The Kier molecular flexibility index (Phi) is 4.62. The second-order valence-corrected chi connectivity index (χ2v) is 5.85. The number of aryl methyl sites for hydroxylation is 1. The lowest BCUT2D eigenvalue weighted by Gasteiger charge is -2.17. The van der Waals surface area contributed by atoms with Crippen molar-refractivity contribution in [3.05, 3.63) is 29.6 Å². The summed E-state index contributed by atoms with van der Waals surface area (Å²) in [6.07, 6.45) is 0.323. The van der Waals surface area contributed by atoms with Gasteiger partial charge in [0.25, 0.3) is 0 Å². The fraction of sp³-hybridized carbons (Fsp3) is 0.455. The van der Waals surface area contributed by atoms with Crippen LogP contribution in [0, 0.1) is 12.7 Å². The molecule has 0 bridgehead atoms. The summed E-state index contributed by atoms with van der Waals surface area (Å²) >= 11 is 0. The van der Waals surface area contributed by atoms with Gasteiger partial charge in [-0.25, -0.2) is 17.1 Å². The molecule has 17 heavy (non-hydrogen) atoms. The number of nitrogens with zero attached hydrogens (tertiary/aromatic N) is 1. The molecule has 0 atom stereocenters. The minimum atomic E-state index is -3.82. The van der Waals surface area contributed by atoms with Crippen molar-refractivity contribution in [2.45, 2.75) is 18.2 Å². The van der Waals surface area contributed by atoms with E-state index in [4.69, 9.17) is 5.11 Å². The molecule has 0 amide bonds. The molecule has 6 heteroatoms. The summed E-state index contributed by atoms with van der Waals surface area (Å²) in [6, 6.07) is 3.96. The van der Waals surface area contributed by atoms with Gasteiger partial charge in [0.2, 0.25) is 10.0 Å². The molecule has 1 rings (SSSR count). The minimum absolute atomic E-state index is 0.101. The van der Waals surface area contributed by atoms with Crippen molar-refractivity contribution in [3.63, 3.8) is 0 Å². The first-order valence-corrected chi connectivity index (χ1v) is 6.67. The Bertz CT molecular complexity index is 487. The molecule has 0 aliphatic heterocycles. The van der Waals surface area contributed by atoms with E-state index < -0.39 is 15.8 Å². The molecule has 0 aliphatic carbocycles. The van der Waals surface area contributed by atoms with Gasteiger partial charge in [-0.05, 0) is 31.0 Å². The van der Waals surface area contributed by atoms with Crippen LogP contribution < -0.4 is 0 Å². The van der Waals surface area contributed by atoms with Crippen molar-refractivity contribution >= 4 is 10.0 Å². The van der Waals surface area contributed by atoms with Crippen molar-refractivity contribution < 1.29 is 17.9 Å². The summed E-state index contributed by atoms with van der Waals surface area (Å²) in [5.74, 6) is -0.758. The Balaban J connectivity index is 3.08. The van der Waals surface area contributed by atoms with E-state index in [0.717, 1.165) is 10.4 Å². The SMILES string of the molecule is Cc1ccc(F)c(S(=O)(=O)N(C)CCCO)c1. The van der Waals surface area contributed by atoms with E-state index in [0.29, 0.717) is 12.0 Å². The first-order valence-electron chi connectivity index (χ1n) is 5.23. The molecule has 0 heterocycles. The van der Waals surface area contributed by atoms with Crippen LogP contribution in [0.5, 0.6) is 0 Å². The summed E-state index contributed by atoms with van der Waals surface area (Å²) < 4.78 is 38.6. The fourth-order valence-electron chi connectivity index (χ4n) is 1.39. The minimum Gasteiger partial charge on any atom is -0.396 e. The highest BCUT2D eigenvalue weighted by molar-refractivity contribution is 7.89. The van der Waals surface area contributed by atoms with Crippen molar-refractivity contribution in [1.29, 1.82) is 0 Å². The molecule has 96 valence electrons. The lowest BCUT2D eigenvalue weighted by molar-refractivity contribution is 0.275. The molecule has 0 radical (unpaired) electrons. The summed E-state index contributed by atoms with van der Waals surface area (Å²) in [6.45, 7) is 1.76. The third kappa shape index (κ3) is 3.24. The molecular weight excluding hydrogens is 245 g/mol. The van der Waals surface area contributed by atoms with Crippen LogP contribution in [0.25, 0.3) is 0 Å². The predicted molar refractivity (Wildman–Crippen MR) is 62.7 cm³/mol. The normalized spacial score (nSPS) is 12.1. The van der Waals surface area contributed by atoms with Crippen LogP contribution in [0.3, 0.4) is 0 Å². The van der Waals surface area contributed by atoms with Crippen LogP contribution in [-0.4, -0.2) is 38.0 Å². The van der Waals surface area contributed by atoms with Gasteiger partial charge in [-0.3, -0.25) is 0 Å². The topological polar surface area (TPSA) is 57.6 Å². The molecule has 1 aromatic rings. The zero-order valence-electron chi connectivity index (χ0n) is 9.85. The Labute approximate surface area is 101 Å². The molecule has 0 aromatic heterocycles. The number of hydrogen-bond acceptors (Lipinski definition) is 3. The maximum atomic E-state index is 13.5. The molecule has 0 spiro atoms. The second-order valence-electron chi connectivity index (χ2n) is 3.84. The van der Waals surface area contributed by atoms with Crippen molar-refractivity contribution in [2.75, 3.05) is 20.2 Å². The molecular formula is C11H16FNO3S. The van der Waals surface area contributed by atoms with E-state index in [2.05, 4.69) is 0 Å². The molecule has 0 saturated carbocycles. The summed E-state index contributed by atoms with van der Waals surface area (Å²) in [5.41, 5.74) is 0.681. The van der Waals surface area contributed by atoms with Crippen molar-refractivity contribution in [3.8, 4) is 0 Å². The van der Waals surface area contributed by atoms with Gasteiger partial charge in [0.1, 0.15) is 10.7 Å². The predicted octanol–water partition coefficient (Wildman–Crippen LogP) is 1.14. The monoisotopic (exact) mass is 261 g/mol. The number of halogens is 1. The molecule has 0 aliphatic rings. The summed E-state index contributed by atoms with van der Waals surface area (Å²) in [5, 5.41) is 8.65. The Morgan fingerprint density at radius 1 is 1.41 bits per heavy atom. The Hall–Kier alpha value is -0.980. The third-order valence-electron chi connectivity index (χ3n) is 2.41. The lowest BCUT2D eigenvalue weighted by atomic mass is 10.2. The van der Waals surface area contributed by atoms with Gasteiger partial charge in [0.15, 0.2) is 0 Å². The van der Waals surface area contributed by atoms with Crippen LogP contribution in [0.4, 0.5) is 4.39 Å². The number of benzene rings is 1. The molecule has 0 unspecified atom stereocenters. The van der Waals surface area contributed by atoms with Crippen LogP contribution in [-0.2, 0) is 10.0 Å². The molecule has 1 N–H and O–H groups in total. The van der Waals surface area contributed by atoms with Crippen LogP contribution in [0.15, 0.2) is 23.1 Å². The number of aliphatic hydroxyl groups is 1. The van der Waals surface area contributed by atoms with Crippen LogP contribution in [0.2, 0.25) is 0 Å². The molecule has 4 nitrogen and oxygen atoms in total. The van der Waals surface area contributed by atoms with Crippen LogP contribution >= 0.6 is 0 Å². The van der Waals surface area contributed by atoms with Gasteiger partial charge < -0.3 is 5.11 Å². The zero-order valence-corrected chi connectivity index (χ0v) is 10.7. The smallest absolute Gasteiger partial charge is 0.245 e. The maximum Gasteiger partial charge on any atom is 0.245 e. The average Bonchev–Trinajstić information content (AvgIpc) is 2.28. The Morgan fingerprint density at radius 3 is 2.65 bits per heavy atom. The fourth-order valence-corrected chi connectivity index (χ4v) is 2.74. The highest BCUT2D eigenvalue weighted by atomic mass is 32.2. The number of hydrogen-bond donors (Lipinski definition) is 1. The number of sulfonamides is 1. The maximum absolute atomic E-state index is 13.5. The van der Waals surface area contributed by atoms with Gasteiger partial charge in [0, 0.05) is 20.2 Å². The summed E-state index contributed by atoms with van der Waals surface area (Å²) in [7, 11) is -2.45. The van der Waals surface area contributed by atoms with Gasteiger partial charge in [-0.15, -0.1) is 0 Å². The molecule has 0 fully saturated rings. The standard InChI is InChI=1S/C11H16FNO3S/c1-9-4-5-10(12)11(8-9)17(15,16)13(2)6-3-7-14/h4-5,8,14H,3,6-7H2,1-2H3.